The molecule has 1 N–H and O–H groups in total. The van der Waals surface area contributed by atoms with Crippen molar-refractivity contribution in [3.8, 4) is 0 Å². The van der Waals surface area contributed by atoms with E-state index < -0.39 is 0 Å². The molecule has 0 bridgehead atoms. The Bertz CT molecular complexity index is 1200. The number of furan rings is 1. The van der Waals surface area contributed by atoms with E-state index >= 15 is 0 Å². The number of hydrogen-bond donors (Lipinski definition) is 1. The minimum atomic E-state index is -0.0322. The average molecular weight is 419 g/mol. The van der Waals surface area contributed by atoms with Crippen LogP contribution in [0.5, 0.6) is 0 Å². The molecule has 2 aromatic heterocycles. The van der Waals surface area contributed by atoms with E-state index in [4.69, 9.17) is 16.0 Å². The number of aromatic nitrogens is 1. The van der Waals surface area contributed by atoms with Gasteiger partial charge in [-0.2, -0.15) is 0 Å². The van der Waals surface area contributed by atoms with Crippen molar-refractivity contribution in [2.24, 2.45) is 0 Å². The Kier molecular flexibility index (Phi) is 4.87. The first-order chi connectivity index (χ1) is 14.6. The Hall–Kier alpha value is -2.98. The van der Waals surface area contributed by atoms with E-state index in [0.29, 0.717) is 19.4 Å². The minimum Gasteiger partial charge on any atom is -0.469 e. The summed E-state index contributed by atoms with van der Waals surface area (Å²) in [7, 11) is 0. The standard InChI is InChI=1S/C25H23ClN2O2/c1-16-25-24(19-9-3-5-11-22(19)27-25)20(18-8-2-4-10-21(18)26)15-28(16)23(29)13-12-17-7-6-14-30-17/h2-11,14,16,20,27H,12-13,15H2,1H3. The summed E-state index contributed by atoms with van der Waals surface area (Å²) in [6.07, 6.45) is 2.67. The van der Waals surface area contributed by atoms with Gasteiger partial charge in [0.05, 0.1) is 12.3 Å². The number of carbonyl (C=O) groups is 1. The number of nitrogens with zero attached hydrogens (tertiary/aromatic N) is 1. The Morgan fingerprint density at radius 3 is 2.73 bits per heavy atom. The Labute approximate surface area is 180 Å². The van der Waals surface area contributed by atoms with Crippen LogP contribution >= 0.6 is 11.6 Å². The number of H-pyrrole nitrogens is 1. The summed E-state index contributed by atoms with van der Waals surface area (Å²) in [6.45, 7) is 2.71. The van der Waals surface area contributed by atoms with E-state index in [1.807, 2.05) is 41.3 Å². The van der Waals surface area contributed by atoms with Crippen LogP contribution in [0.4, 0.5) is 0 Å². The number of aryl methyl sites for hydroxylation is 1. The molecule has 4 nitrogen and oxygen atoms in total. The van der Waals surface area contributed by atoms with E-state index in [1.165, 1.54) is 10.9 Å². The molecule has 1 aliphatic heterocycles. The van der Waals surface area contributed by atoms with Gasteiger partial charge in [-0.15, -0.1) is 0 Å². The van der Waals surface area contributed by atoms with Crippen molar-refractivity contribution in [1.29, 1.82) is 0 Å². The monoisotopic (exact) mass is 418 g/mol. The Morgan fingerprint density at radius 1 is 1.13 bits per heavy atom. The number of carbonyl (C=O) groups excluding carboxylic acids is 1. The number of aromatic amines is 1. The second-order valence-electron chi connectivity index (χ2n) is 7.87. The molecular formula is C25H23ClN2O2. The van der Waals surface area contributed by atoms with Crippen LogP contribution in [0.1, 0.15) is 47.9 Å². The fraction of sp³-hybridized carbons (Fsp3) is 0.240. The predicted molar refractivity (Wildman–Crippen MR) is 119 cm³/mol. The van der Waals surface area contributed by atoms with E-state index in [1.54, 1.807) is 6.26 Å². The van der Waals surface area contributed by atoms with Gasteiger partial charge in [0, 0.05) is 46.9 Å². The van der Waals surface area contributed by atoms with Crippen LogP contribution in [-0.4, -0.2) is 22.3 Å². The molecule has 2 aromatic carbocycles. The maximum atomic E-state index is 13.2. The normalized spacial score (nSPS) is 18.5. The van der Waals surface area contributed by atoms with Crippen LogP contribution in [-0.2, 0) is 11.2 Å². The zero-order valence-corrected chi connectivity index (χ0v) is 17.5. The van der Waals surface area contributed by atoms with E-state index in [9.17, 15) is 4.79 Å². The molecule has 0 saturated heterocycles. The summed E-state index contributed by atoms with van der Waals surface area (Å²) in [5.74, 6) is 0.982. The van der Waals surface area contributed by atoms with E-state index in [-0.39, 0.29) is 17.9 Å². The van der Waals surface area contributed by atoms with E-state index in [2.05, 4.69) is 36.2 Å². The summed E-state index contributed by atoms with van der Waals surface area (Å²) in [5, 5.41) is 1.93. The fourth-order valence-corrected chi connectivity index (χ4v) is 4.92. The van der Waals surface area contributed by atoms with Gasteiger partial charge >= 0.3 is 0 Å². The average Bonchev–Trinajstić information content (AvgIpc) is 3.41. The molecule has 4 aromatic rings. The van der Waals surface area contributed by atoms with Gasteiger partial charge in [0.1, 0.15) is 5.76 Å². The van der Waals surface area contributed by atoms with Crippen LogP contribution in [0.15, 0.2) is 71.3 Å². The van der Waals surface area contributed by atoms with Crippen molar-refractivity contribution in [2.45, 2.75) is 31.7 Å². The highest BCUT2D eigenvalue weighted by molar-refractivity contribution is 6.31. The van der Waals surface area contributed by atoms with Crippen molar-refractivity contribution in [3.63, 3.8) is 0 Å². The Balaban J connectivity index is 1.56. The van der Waals surface area contributed by atoms with Crippen LogP contribution in [0.2, 0.25) is 5.02 Å². The summed E-state index contributed by atoms with van der Waals surface area (Å²) < 4.78 is 5.41. The first-order valence-electron chi connectivity index (χ1n) is 10.3. The van der Waals surface area contributed by atoms with Crippen molar-refractivity contribution in [3.05, 3.63) is 94.5 Å². The third kappa shape index (κ3) is 3.21. The molecule has 152 valence electrons. The van der Waals surface area contributed by atoms with E-state index in [0.717, 1.165) is 27.6 Å². The van der Waals surface area contributed by atoms with Gasteiger partial charge in [-0.25, -0.2) is 0 Å². The molecule has 1 aliphatic rings. The molecule has 5 rings (SSSR count). The summed E-state index contributed by atoms with van der Waals surface area (Å²) >= 11 is 6.61. The molecule has 0 saturated carbocycles. The van der Waals surface area contributed by atoms with Gasteiger partial charge in [-0.3, -0.25) is 4.79 Å². The number of amides is 1. The Morgan fingerprint density at radius 2 is 1.93 bits per heavy atom. The van der Waals surface area contributed by atoms with Gasteiger partial charge in [-0.05, 0) is 42.3 Å². The third-order valence-electron chi connectivity index (χ3n) is 6.16. The lowest BCUT2D eigenvalue weighted by atomic mass is 9.83. The molecule has 2 atom stereocenters. The van der Waals surface area contributed by atoms with Crippen molar-refractivity contribution in [1.82, 2.24) is 9.88 Å². The maximum absolute atomic E-state index is 13.2. The molecule has 2 unspecified atom stereocenters. The second-order valence-corrected chi connectivity index (χ2v) is 8.28. The van der Waals surface area contributed by atoms with Gasteiger partial charge in [0.15, 0.2) is 0 Å². The minimum absolute atomic E-state index is 0.0219. The van der Waals surface area contributed by atoms with Crippen molar-refractivity contribution >= 4 is 28.4 Å². The SMILES string of the molecule is CC1c2[nH]c3ccccc3c2C(c2ccccc2Cl)CN1C(=O)CCc1ccco1. The van der Waals surface area contributed by atoms with Crippen LogP contribution in [0.25, 0.3) is 10.9 Å². The molecule has 5 heteroatoms. The number of halogens is 1. The molecule has 0 fully saturated rings. The molecular weight excluding hydrogens is 396 g/mol. The fourth-order valence-electron chi connectivity index (χ4n) is 4.65. The third-order valence-corrected chi connectivity index (χ3v) is 6.50. The lowest BCUT2D eigenvalue weighted by Gasteiger charge is -2.38. The number of benzene rings is 2. The predicted octanol–water partition coefficient (Wildman–Crippen LogP) is 6.08. The molecule has 3 heterocycles. The smallest absolute Gasteiger partial charge is 0.223 e. The van der Waals surface area contributed by atoms with Gasteiger partial charge in [0.2, 0.25) is 5.91 Å². The van der Waals surface area contributed by atoms with Gasteiger partial charge < -0.3 is 14.3 Å². The molecule has 1 amide bonds. The zero-order chi connectivity index (χ0) is 20.7. The lowest BCUT2D eigenvalue weighted by molar-refractivity contribution is -0.134. The van der Waals surface area contributed by atoms with Crippen LogP contribution < -0.4 is 0 Å². The highest BCUT2D eigenvalue weighted by Gasteiger charge is 2.37. The van der Waals surface area contributed by atoms with Crippen LogP contribution in [0.3, 0.4) is 0 Å². The van der Waals surface area contributed by atoms with Gasteiger partial charge in [-0.1, -0.05) is 48.0 Å². The highest BCUT2D eigenvalue weighted by atomic mass is 35.5. The number of para-hydroxylation sites is 1. The summed E-state index contributed by atoms with van der Waals surface area (Å²) in [6, 6.07) is 20.0. The maximum Gasteiger partial charge on any atom is 0.223 e. The molecule has 0 aliphatic carbocycles. The number of fused-ring (bicyclic) bond motifs is 3. The van der Waals surface area contributed by atoms with Crippen LogP contribution in [0, 0.1) is 0 Å². The largest absolute Gasteiger partial charge is 0.469 e. The molecule has 0 radical (unpaired) electrons. The topological polar surface area (TPSA) is 49.2 Å². The second kappa shape index (κ2) is 7.69. The number of hydrogen-bond acceptors (Lipinski definition) is 2. The quantitative estimate of drug-likeness (QED) is 0.436. The number of nitrogens with one attached hydrogen (secondary N) is 1. The molecule has 30 heavy (non-hydrogen) atoms. The zero-order valence-electron chi connectivity index (χ0n) is 16.8. The van der Waals surface area contributed by atoms with Crippen molar-refractivity contribution in [2.75, 3.05) is 6.54 Å². The first-order valence-corrected chi connectivity index (χ1v) is 10.7. The first kappa shape index (κ1) is 19.0. The van der Waals surface area contributed by atoms with Gasteiger partial charge in [0.25, 0.3) is 0 Å². The highest BCUT2D eigenvalue weighted by Crippen LogP contribution is 2.44. The number of rotatable bonds is 4. The summed E-state index contributed by atoms with van der Waals surface area (Å²) in [4.78, 5) is 18.8. The lowest BCUT2D eigenvalue weighted by Crippen LogP contribution is -2.41. The van der Waals surface area contributed by atoms with Crippen molar-refractivity contribution < 1.29 is 9.21 Å². The summed E-state index contributed by atoms with van der Waals surface area (Å²) in [5.41, 5.74) is 4.50. The molecule has 0 spiro atoms.